The Kier molecular flexibility index (Phi) is 5.40. The molecule has 0 unspecified atom stereocenters. The summed E-state index contributed by atoms with van der Waals surface area (Å²) in [5.41, 5.74) is 2.94. The van der Waals surface area contributed by atoms with E-state index in [9.17, 15) is 4.79 Å². The molecule has 0 aliphatic rings. The van der Waals surface area contributed by atoms with Gasteiger partial charge in [-0.25, -0.2) is 0 Å². The maximum Gasteiger partial charge on any atom is 0.257 e. The smallest absolute Gasteiger partial charge is 0.257 e. The number of anilines is 1. The first-order chi connectivity index (χ1) is 12.1. The molecule has 5 nitrogen and oxygen atoms in total. The SMILES string of the molecule is COc1ccc(CCc2nnc(NC(=O)c3ccc(C)cc3)s2)cc1. The van der Waals surface area contributed by atoms with Crippen molar-refractivity contribution in [3.8, 4) is 5.75 Å². The number of rotatable bonds is 6. The van der Waals surface area contributed by atoms with E-state index in [0.29, 0.717) is 10.7 Å². The van der Waals surface area contributed by atoms with Gasteiger partial charge in [0.05, 0.1) is 7.11 Å². The van der Waals surface area contributed by atoms with Crippen LogP contribution in [0.3, 0.4) is 0 Å². The van der Waals surface area contributed by atoms with Crippen LogP contribution in [-0.4, -0.2) is 23.2 Å². The first-order valence-corrected chi connectivity index (χ1v) is 8.79. The van der Waals surface area contributed by atoms with Gasteiger partial charge in [0.1, 0.15) is 10.8 Å². The van der Waals surface area contributed by atoms with Crippen LogP contribution in [0.15, 0.2) is 48.5 Å². The van der Waals surface area contributed by atoms with Crippen LogP contribution in [0.4, 0.5) is 5.13 Å². The summed E-state index contributed by atoms with van der Waals surface area (Å²) in [6.45, 7) is 1.99. The number of nitrogens with one attached hydrogen (secondary N) is 1. The van der Waals surface area contributed by atoms with E-state index in [4.69, 9.17) is 4.74 Å². The number of benzene rings is 2. The molecule has 3 aromatic rings. The zero-order chi connectivity index (χ0) is 17.6. The summed E-state index contributed by atoms with van der Waals surface area (Å²) >= 11 is 1.41. The fourth-order valence-corrected chi connectivity index (χ4v) is 3.06. The number of aromatic nitrogens is 2. The second kappa shape index (κ2) is 7.90. The van der Waals surface area contributed by atoms with Crippen LogP contribution in [0, 0.1) is 6.92 Å². The molecule has 0 saturated heterocycles. The van der Waals surface area contributed by atoms with Gasteiger partial charge in [-0.3, -0.25) is 10.1 Å². The zero-order valence-electron chi connectivity index (χ0n) is 14.2. The van der Waals surface area contributed by atoms with Crippen molar-refractivity contribution in [1.29, 1.82) is 0 Å². The molecular weight excluding hydrogens is 334 g/mol. The Labute approximate surface area is 150 Å². The van der Waals surface area contributed by atoms with E-state index in [1.165, 1.54) is 16.9 Å². The third kappa shape index (κ3) is 4.64. The van der Waals surface area contributed by atoms with Gasteiger partial charge in [-0.1, -0.05) is 41.2 Å². The molecule has 0 spiro atoms. The predicted molar refractivity (Wildman–Crippen MR) is 99.4 cm³/mol. The highest BCUT2D eigenvalue weighted by atomic mass is 32.1. The molecular formula is C19H19N3O2S. The standard InChI is InChI=1S/C19H19N3O2S/c1-13-3-8-15(9-4-13)18(23)20-19-22-21-17(25-19)12-7-14-5-10-16(24-2)11-6-14/h3-6,8-11H,7,12H2,1-2H3,(H,20,22,23). The van der Waals surface area contributed by atoms with Crippen LogP contribution in [0.25, 0.3) is 0 Å². The van der Waals surface area contributed by atoms with E-state index in [0.717, 1.165) is 29.2 Å². The summed E-state index contributed by atoms with van der Waals surface area (Å²) in [4.78, 5) is 12.2. The molecule has 1 heterocycles. The highest BCUT2D eigenvalue weighted by molar-refractivity contribution is 7.15. The number of amides is 1. The molecule has 0 atom stereocenters. The van der Waals surface area contributed by atoms with Crippen molar-refractivity contribution < 1.29 is 9.53 Å². The van der Waals surface area contributed by atoms with Crippen molar-refractivity contribution in [3.63, 3.8) is 0 Å². The Balaban J connectivity index is 1.56. The maximum atomic E-state index is 12.2. The molecule has 0 bridgehead atoms. The number of methoxy groups -OCH3 is 1. The third-order valence-electron chi connectivity index (χ3n) is 3.79. The molecule has 0 radical (unpaired) electrons. The number of carbonyl (C=O) groups is 1. The predicted octanol–water partition coefficient (Wildman–Crippen LogP) is 3.89. The normalized spacial score (nSPS) is 10.5. The summed E-state index contributed by atoms with van der Waals surface area (Å²) in [7, 11) is 1.66. The van der Waals surface area contributed by atoms with Crippen molar-refractivity contribution in [2.75, 3.05) is 12.4 Å². The maximum absolute atomic E-state index is 12.2. The van der Waals surface area contributed by atoms with Gasteiger partial charge in [-0.05, 0) is 43.2 Å². The van der Waals surface area contributed by atoms with Gasteiger partial charge >= 0.3 is 0 Å². The van der Waals surface area contributed by atoms with Gasteiger partial charge in [-0.15, -0.1) is 10.2 Å². The summed E-state index contributed by atoms with van der Waals surface area (Å²) in [5, 5.41) is 12.4. The largest absolute Gasteiger partial charge is 0.497 e. The number of hydrogen-bond acceptors (Lipinski definition) is 5. The van der Waals surface area contributed by atoms with E-state index in [1.807, 2.05) is 43.3 Å². The van der Waals surface area contributed by atoms with E-state index in [-0.39, 0.29) is 5.91 Å². The van der Waals surface area contributed by atoms with Gasteiger partial charge in [0.25, 0.3) is 5.91 Å². The fraction of sp³-hybridized carbons (Fsp3) is 0.211. The van der Waals surface area contributed by atoms with Crippen molar-refractivity contribution in [1.82, 2.24) is 10.2 Å². The van der Waals surface area contributed by atoms with Crippen molar-refractivity contribution >= 4 is 22.4 Å². The molecule has 1 amide bonds. The molecule has 6 heteroatoms. The minimum Gasteiger partial charge on any atom is -0.497 e. The summed E-state index contributed by atoms with van der Waals surface area (Å²) in [5.74, 6) is 0.679. The first-order valence-electron chi connectivity index (χ1n) is 7.97. The van der Waals surface area contributed by atoms with Crippen LogP contribution < -0.4 is 10.1 Å². The van der Waals surface area contributed by atoms with Crippen LogP contribution in [0.1, 0.15) is 26.5 Å². The molecule has 3 rings (SSSR count). The van der Waals surface area contributed by atoms with Gasteiger partial charge in [0, 0.05) is 12.0 Å². The highest BCUT2D eigenvalue weighted by Gasteiger charge is 2.10. The first kappa shape index (κ1) is 17.1. The van der Waals surface area contributed by atoms with Crippen LogP contribution in [-0.2, 0) is 12.8 Å². The quantitative estimate of drug-likeness (QED) is 0.730. The second-order valence-corrected chi connectivity index (χ2v) is 6.73. The van der Waals surface area contributed by atoms with E-state index < -0.39 is 0 Å². The molecule has 0 fully saturated rings. The van der Waals surface area contributed by atoms with Crippen molar-refractivity contribution in [2.24, 2.45) is 0 Å². The van der Waals surface area contributed by atoms with Gasteiger partial charge in [0.2, 0.25) is 5.13 Å². The molecule has 0 aliphatic carbocycles. The molecule has 0 aliphatic heterocycles. The zero-order valence-corrected chi connectivity index (χ0v) is 15.0. The highest BCUT2D eigenvalue weighted by Crippen LogP contribution is 2.19. The molecule has 1 aromatic heterocycles. The van der Waals surface area contributed by atoms with Crippen molar-refractivity contribution in [3.05, 3.63) is 70.2 Å². The lowest BCUT2D eigenvalue weighted by Crippen LogP contribution is -2.11. The summed E-state index contributed by atoms with van der Waals surface area (Å²) < 4.78 is 5.15. The Morgan fingerprint density at radius 1 is 1.04 bits per heavy atom. The molecule has 2 aromatic carbocycles. The number of carbonyl (C=O) groups excluding carboxylic acids is 1. The minimum atomic E-state index is -0.169. The average Bonchev–Trinajstić information content (AvgIpc) is 3.08. The lowest BCUT2D eigenvalue weighted by atomic mass is 10.1. The summed E-state index contributed by atoms with van der Waals surface area (Å²) in [6, 6.07) is 15.4. The average molecular weight is 353 g/mol. The Morgan fingerprint density at radius 3 is 2.44 bits per heavy atom. The fourth-order valence-electron chi connectivity index (χ4n) is 2.32. The van der Waals surface area contributed by atoms with Gasteiger partial charge in [0.15, 0.2) is 0 Å². The lowest BCUT2D eigenvalue weighted by molar-refractivity contribution is 0.102. The Hall–Kier alpha value is -2.73. The second-order valence-electron chi connectivity index (χ2n) is 5.67. The van der Waals surface area contributed by atoms with Crippen LogP contribution in [0.5, 0.6) is 5.75 Å². The molecule has 0 saturated carbocycles. The third-order valence-corrected chi connectivity index (χ3v) is 4.69. The van der Waals surface area contributed by atoms with Crippen molar-refractivity contribution in [2.45, 2.75) is 19.8 Å². The monoisotopic (exact) mass is 353 g/mol. The molecule has 25 heavy (non-hydrogen) atoms. The Morgan fingerprint density at radius 2 is 1.76 bits per heavy atom. The van der Waals surface area contributed by atoms with Gasteiger partial charge in [-0.2, -0.15) is 0 Å². The Bertz CT molecular complexity index is 842. The van der Waals surface area contributed by atoms with E-state index in [1.54, 1.807) is 19.2 Å². The number of hydrogen-bond donors (Lipinski definition) is 1. The molecule has 1 N–H and O–H groups in total. The minimum absolute atomic E-state index is 0.169. The number of ether oxygens (including phenoxy) is 1. The van der Waals surface area contributed by atoms with Crippen LogP contribution >= 0.6 is 11.3 Å². The number of nitrogens with zero attached hydrogens (tertiary/aromatic N) is 2. The topological polar surface area (TPSA) is 64.1 Å². The lowest BCUT2D eigenvalue weighted by Gasteiger charge is -2.02. The van der Waals surface area contributed by atoms with Gasteiger partial charge < -0.3 is 4.74 Å². The van der Waals surface area contributed by atoms with E-state index >= 15 is 0 Å². The number of aryl methyl sites for hydroxylation is 3. The van der Waals surface area contributed by atoms with Crippen LogP contribution in [0.2, 0.25) is 0 Å². The summed E-state index contributed by atoms with van der Waals surface area (Å²) in [6.07, 6.45) is 1.65. The van der Waals surface area contributed by atoms with E-state index in [2.05, 4.69) is 15.5 Å². The molecule has 128 valence electrons.